The summed E-state index contributed by atoms with van der Waals surface area (Å²) in [6.45, 7) is 20.6. The van der Waals surface area contributed by atoms with Crippen molar-refractivity contribution in [3.05, 3.63) is 115 Å². The van der Waals surface area contributed by atoms with Gasteiger partial charge in [-0.05, 0) is 232 Å². The Morgan fingerprint density at radius 1 is 0.438 bits per heavy atom. The number of benzene rings is 3. The van der Waals surface area contributed by atoms with Gasteiger partial charge in [0.05, 0.1) is 73.5 Å². The van der Waals surface area contributed by atoms with E-state index in [-0.39, 0.29) is 114 Å². The Balaban J connectivity index is 0.000000659. The molecule has 0 saturated heterocycles. The van der Waals surface area contributed by atoms with Crippen LogP contribution in [0.2, 0.25) is 0 Å². The minimum atomic E-state index is -0.836. The second-order valence-electron chi connectivity index (χ2n) is 31.0. The van der Waals surface area contributed by atoms with Gasteiger partial charge in [-0.25, -0.2) is 0 Å². The molecule has 18 nitrogen and oxygen atoms in total. The van der Waals surface area contributed by atoms with Gasteiger partial charge in [0.25, 0.3) is 0 Å². The van der Waals surface area contributed by atoms with Gasteiger partial charge in [-0.2, -0.15) is 0 Å². The standard InChI is InChI=1S/C29H36O6.C11H20O2.C10H18O2.C9H16O3.C9H16O2.C9H12O.C8H14O2.CH3.Pd/c1-22-14-16-29(21-30,17-15-22)26(31)18-25(28(33)35-20-24-10-6-3-7-11-24)12-13-27(32)34-19-23-8-4-2-5-9-23;1-4-11(10(12)13-3)7-5-9(2)6-8-11;1-3-10(9(11)12)6-4-8(2)5-7-10;1-7-2-4-9(6-10,5-3-7)8(11)12;1-7-3-5-8(6-4-7)9(10)11-2;1-2-10-8-9-6-4-3-5-7-9;1-6-2-4-7(5-3-6)8(9)10;;/h2-11,22,25,30H,12-21H2,1H3;9H,4-8H2,1-3H3;8H,3-7H2,1-2H3,(H,11,12);7,10H,2-6H2,1H3,(H,11,12);7-8H,3-6H2,1-2H3;3-7H,2,8H2,1H3;6-7H,2-5H2,1H3,(H,9,10);1H3;/q;;;;;;;-1;/t22?,25-,29?;;;;;;;;/m1......../s1. The van der Waals surface area contributed by atoms with Crippen LogP contribution < -0.4 is 0 Å². The predicted octanol–water partition coefficient (Wildman–Crippen LogP) is 18.3. The quantitative estimate of drug-likeness (QED) is 0.0255. The summed E-state index contributed by atoms with van der Waals surface area (Å²) in [6, 6.07) is 28.9. The molecule has 0 heterocycles. The molecule has 6 saturated carbocycles. The van der Waals surface area contributed by atoms with Crippen LogP contribution in [0.5, 0.6) is 0 Å². The molecular formula is C86H135O18Pd-. The minimum absolute atomic E-state index is 0. The Morgan fingerprint density at radius 2 is 0.781 bits per heavy atom. The largest absolute Gasteiger partial charge is 0.481 e. The summed E-state index contributed by atoms with van der Waals surface area (Å²) in [5, 5.41) is 45.7. The van der Waals surface area contributed by atoms with E-state index in [0.29, 0.717) is 37.5 Å². The number of rotatable bonds is 23. The van der Waals surface area contributed by atoms with Crippen LogP contribution in [0.15, 0.2) is 91.0 Å². The molecule has 3 aromatic carbocycles. The molecule has 1 atom stereocenters. The van der Waals surface area contributed by atoms with Gasteiger partial charge in [-0.1, -0.05) is 146 Å². The third kappa shape index (κ3) is 34.9. The smallest absolute Gasteiger partial charge is 0.311 e. The molecular weight excluding hydrogens is 1430 g/mol. The first kappa shape index (κ1) is 97.2. The van der Waals surface area contributed by atoms with E-state index >= 15 is 0 Å². The summed E-state index contributed by atoms with van der Waals surface area (Å²) in [6.07, 6.45) is 24.6. The van der Waals surface area contributed by atoms with Crippen LogP contribution in [-0.2, 0) is 102 Å². The molecule has 0 amide bonds. The van der Waals surface area contributed by atoms with Crippen molar-refractivity contribution in [1.29, 1.82) is 0 Å². The van der Waals surface area contributed by atoms with E-state index in [1.807, 2.05) is 92.7 Å². The van der Waals surface area contributed by atoms with Gasteiger partial charge in [0.1, 0.15) is 19.0 Å². The molecule has 0 aromatic heterocycles. The number of Topliss-reactive ketones (excluding diaryl/α,β-unsaturated/α-hetero) is 1. The number of ether oxygens (including phenoxy) is 5. The number of esters is 4. The molecule has 9 rings (SSSR count). The Labute approximate surface area is 644 Å². The Kier molecular flexibility index (Phi) is 48.4. The fourth-order valence-electron chi connectivity index (χ4n) is 14.5. The van der Waals surface area contributed by atoms with E-state index in [2.05, 4.69) is 65.3 Å². The van der Waals surface area contributed by atoms with E-state index in [1.54, 1.807) is 0 Å². The van der Waals surface area contributed by atoms with Gasteiger partial charge in [-0.15, -0.1) is 0 Å². The van der Waals surface area contributed by atoms with Crippen molar-refractivity contribution in [2.45, 2.75) is 268 Å². The maximum absolute atomic E-state index is 13.3. The average molecular weight is 1560 g/mol. The zero-order valence-electron chi connectivity index (χ0n) is 66.0. The molecule has 598 valence electrons. The van der Waals surface area contributed by atoms with E-state index in [4.69, 9.17) is 39.4 Å². The molecule has 0 spiro atoms. The predicted molar refractivity (Wildman–Crippen MR) is 407 cm³/mol. The fourth-order valence-corrected chi connectivity index (χ4v) is 14.5. The molecule has 6 aliphatic carbocycles. The number of carbonyl (C=O) groups excluding carboxylic acids is 5. The number of carboxylic acid groups (broad SMARTS) is 3. The van der Waals surface area contributed by atoms with Gasteiger partial charge in [0.2, 0.25) is 0 Å². The molecule has 5 N–H and O–H groups in total. The third-order valence-corrected chi connectivity index (χ3v) is 23.2. The van der Waals surface area contributed by atoms with Crippen molar-refractivity contribution in [2.24, 2.45) is 74.9 Å². The number of aliphatic hydroxyl groups excluding tert-OH is 2. The van der Waals surface area contributed by atoms with Crippen molar-refractivity contribution in [3.8, 4) is 0 Å². The van der Waals surface area contributed by atoms with Crippen LogP contribution >= 0.6 is 0 Å². The van der Waals surface area contributed by atoms with Crippen molar-refractivity contribution in [2.75, 3.05) is 34.0 Å². The zero-order valence-corrected chi connectivity index (χ0v) is 67.5. The topological polar surface area (TPSA) is 284 Å². The second-order valence-corrected chi connectivity index (χ2v) is 31.0. The molecule has 6 fully saturated rings. The second kappa shape index (κ2) is 52.3. The van der Waals surface area contributed by atoms with Gasteiger partial charge in [0.15, 0.2) is 0 Å². The monoisotopic (exact) mass is 1560 g/mol. The van der Waals surface area contributed by atoms with E-state index in [0.717, 1.165) is 164 Å². The Morgan fingerprint density at radius 3 is 1.12 bits per heavy atom. The summed E-state index contributed by atoms with van der Waals surface area (Å²) >= 11 is 0. The molecule has 105 heavy (non-hydrogen) atoms. The van der Waals surface area contributed by atoms with Crippen molar-refractivity contribution in [1.82, 2.24) is 0 Å². The van der Waals surface area contributed by atoms with E-state index < -0.39 is 46.6 Å². The SMILES string of the molecule is CC1CCC(C(=O)O)CC1.CC1CCC(CO)(C(=O)C[C@@H](CCC(=O)OCc2ccccc2)C(=O)OCc2ccccc2)CC1.CC1CCC(CO)(C(=O)O)CC1.CCC1(C(=O)O)CCC(C)CC1.CCC1(C(=O)OC)CCC(C)CC1.CCOCc1ccccc1.COC(=O)C1CCC(C)CC1.[CH3-].[Pd]. The Bertz CT molecular complexity index is 2830. The van der Waals surface area contributed by atoms with E-state index in [1.165, 1.54) is 45.5 Å². The number of carboxylic acids is 3. The number of hydrogen-bond acceptors (Lipinski definition) is 15. The van der Waals surface area contributed by atoms with Crippen molar-refractivity contribution in [3.63, 3.8) is 0 Å². The van der Waals surface area contributed by atoms with Crippen LogP contribution in [0, 0.1) is 82.3 Å². The minimum Gasteiger partial charge on any atom is -0.481 e. The van der Waals surface area contributed by atoms with Gasteiger partial charge in [0, 0.05) is 39.9 Å². The maximum atomic E-state index is 13.3. The normalized spacial score (nSPS) is 26.8. The molecule has 0 bridgehead atoms. The van der Waals surface area contributed by atoms with Crippen molar-refractivity contribution >= 4 is 47.6 Å². The number of carbonyl (C=O) groups is 8. The summed E-state index contributed by atoms with van der Waals surface area (Å²) in [4.78, 5) is 93.7. The summed E-state index contributed by atoms with van der Waals surface area (Å²) < 4.78 is 25.6. The fraction of sp³-hybridized carbons (Fsp3) is 0.686. The molecule has 0 aliphatic heterocycles. The van der Waals surface area contributed by atoms with Crippen LogP contribution in [0.3, 0.4) is 0 Å². The first-order chi connectivity index (χ1) is 49.1. The maximum Gasteiger partial charge on any atom is 0.311 e. The zero-order chi connectivity index (χ0) is 76.4. The third-order valence-electron chi connectivity index (χ3n) is 23.2. The van der Waals surface area contributed by atoms with Crippen molar-refractivity contribution < 1.29 is 108 Å². The molecule has 6 aliphatic rings. The first-order valence-corrected chi connectivity index (χ1v) is 38.8. The van der Waals surface area contributed by atoms with Gasteiger partial charge < -0.3 is 56.6 Å². The summed E-state index contributed by atoms with van der Waals surface area (Å²) in [7, 11) is 2.97. The van der Waals surface area contributed by atoms with Gasteiger partial charge >= 0.3 is 41.8 Å². The molecule has 3 aromatic rings. The molecule has 0 radical (unpaired) electrons. The number of aliphatic carboxylic acids is 3. The molecule has 19 heteroatoms. The number of hydrogen-bond donors (Lipinski definition) is 5. The van der Waals surface area contributed by atoms with Crippen LogP contribution in [-0.4, -0.2) is 107 Å². The molecule has 0 unspecified atom stereocenters. The number of methoxy groups -OCH3 is 2. The average Bonchev–Trinajstić information content (AvgIpc) is 0.827. The first-order valence-electron chi connectivity index (χ1n) is 38.8. The van der Waals surface area contributed by atoms with Crippen LogP contribution in [0.4, 0.5) is 0 Å². The Hall–Kier alpha value is -5.84. The van der Waals surface area contributed by atoms with E-state index in [9.17, 15) is 43.5 Å². The number of ketones is 1. The van der Waals surface area contributed by atoms with Gasteiger partial charge in [-0.3, -0.25) is 38.4 Å². The van der Waals surface area contributed by atoms with Crippen LogP contribution in [0.25, 0.3) is 0 Å². The summed E-state index contributed by atoms with van der Waals surface area (Å²) in [5.41, 5.74) is 0.801. The van der Waals surface area contributed by atoms with Crippen LogP contribution in [0.1, 0.15) is 265 Å². The number of aliphatic hydroxyl groups is 2. The summed E-state index contributed by atoms with van der Waals surface area (Å²) in [5.74, 6) is 0.481.